The molecule has 1 unspecified atom stereocenters. The van der Waals surface area contributed by atoms with Gasteiger partial charge < -0.3 is 4.90 Å². The number of hydrogen-bond acceptors (Lipinski definition) is 2. The van der Waals surface area contributed by atoms with Gasteiger partial charge in [0.1, 0.15) is 11.7 Å². The summed E-state index contributed by atoms with van der Waals surface area (Å²) in [5.74, 6) is 0.955. The van der Waals surface area contributed by atoms with Crippen LogP contribution in [0.3, 0.4) is 0 Å². The van der Waals surface area contributed by atoms with E-state index < -0.39 is 0 Å². The van der Waals surface area contributed by atoms with Crippen molar-refractivity contribution in [2.24, 2.45) is 9.98 Å². The van der Waals surface area contributed by atoms with Gasteiger partial charge in [-0.3, -0.25) is 9.98 Å². The third-order valence-corrected chi connectivity index (χ3v) is 6.91. The van der Waals surface area contributed by atoms with Gasteiger partial charge in [-0.1, -0.05) is 43.5 Å². The Balaban J connectivity index is 1.72. The van der Waals surface area contributed by atoms with Crippen molar-refractivity contribution in [3.63, 3.8) is 0 Å². The van der Waals surface area contributed by atoms with E-state index >= 15 is 0 Å². The van der Waals surface area contributed by atoms with Crippen molar-refractivity contribution < 1.29 is 4.39 Å². The Labute approximate surface area is 192 Å². The number of halogens is 1. The number of aryl methyl sites for hydroxylation is 1. The van der Waals surface area contributed by atoms with Gasteiger partial charge in [-0.25, -0.2) is 4.39 Å². The van der Waals surface area contributed by atoms with Gasteiger partial charge in [-0.05, 0) is 81.3 Å². The number of hydrogen-bond donors (Lipinski definition) is 0. The summed E-state index contributed by atoms with van der Waals surface area (Å²) in [6.45, 7) is 5.54. The van der Waals surface area contributed by atoms with Crippen LogP contribution in [-0.2, 0) is 0 Å². The lowest BCUT2D eigenvalue weighted by molar-refractivity contribution is 0.253. The molecule has 1 atom stereocenters. The standard InChI is InChI=1S/C28H36FN3/c1-21-10-6-7-14-26(21)27(30-25-17-15-23(29)16-18-25)20-28(31-24-12-4-3-5-13-24)32-19-9-8-11-22(32)2/h6-7,10,14-18,22,24H,3-5,8-9,11-13,19-20H2,1-2H3. The molecule has 1 aliphatic carbocycles. The van der Waals surface area contributed by atoms with Crippen LogP contribution in [0.5, 0.6) is 0 Å². The fourth-order valence-corrected chi connectivity index (χ4v) is 5.04. The number of amidine groups is 1. The maximum atomic E-state index is 13.5. The SMILES string of the molecule is Cc1ccccc1C(CC(=NC1CCCCC1)N1CCCCC1C)=Nc1ccc(F)cc1. The highest BCUT2D eigenvalue weighted by molar-refractivity contribution is 6.13. The van der Waals surface area contributed by atoms with Gasteiger partial charge in [0.25, 0.3) is 0 Å². The monoisotopic (exact) mass is 433 g/mol. The summed E-state index contributed by atoms with van der Waals surface area (Å²) in [6, 6.07) is 15.8. The predicted octanol–water partition coefficient (Wildman–Crippen LogP) is 7.25. The molecular weight excluding hydrogens is 397 g/mol. The van der Waals surface area contributed by atoms with Crippen LogP contribution in [0.15, 0.2) is 58.5 Å². The number of likely N-dealkylation sites (tertiary alicyclic amines) is 1. The Hall–Kier alpha value is -2.49. The molecule has 0 N–H and O–H groups in total. The van der Waals surface area contributed by atoms with Crippen LogP contribution in [0.1, 0.15) is 75.8 Å². The van der Waals surface area contributed by atoms with Crippen molar-refractivity contribution in [3.8, 4) is 0 Å². The maximum absolute atomic E-state index is 13.5. The molecule has 1 heterocycles. The molecule has 1 saturated carbocycles. The minimum atomic E-state index is -0.233. The normalized spacial score (nSPS) is 21.1. The van der Waals surface area contributed by atoms with Gasteiger partial charge in [0, 0.05) is 19.0 Å². The molecule has 0 radical (unpaired) electrons. The highest BCUT2D eigenvalue weighted by atomic mass is 19.1. The molecule has 1 aliphatic heterocycles. The summed E-state index contributed by atoms with van der Waals surface area (Å²) < 4.78 is 13.5. The van der Waals surface area contributed by atoms with Crippen LogP contribution >= 0.6 is 0 Å². The zero-order valence-corrected chi connectivity index (χ0v) is 19.6. The molecule has 2 aliphatic rings. The topological polar surface area (TPSA) is 28.0 Å². The molecule has 2 fully saturated rings. The molecule has 2 aromatic rings. The Morgan fingerprint density at radius 3 is 2.38 bits per heavy atom. The first-order valence-electron chi connectivity index (χ1n) is 12.3. The van der Waals surface area contributed by atoms with Crippen LogP contribution in [-0.4, -0.2) is 35.1 Å². The minimum Gasteiger partial charge on any atom is -0.357 e. The highest BCUT2D eigenvalue weighted by Gasteiger charge is 2.25. The Kier molecular flexibility index (Phi) is 7.72. The largest absolute Gasteiger partial charge is 0.357 e. The van der Waals surface area contributed by atoms with E-state index in [1.807, 2.05) is 0 Å². The summed E-state index contributed by atoms with van der Waals surface area (Å²) >= 11 is 0. The molecule has 4 rings (SSSR count). The highest BCUT2D eigenvalue weighted by Crippen LogP contribution is 2.26. The van der Waals surface area contributed by atoms with Crippen LogP contribution in [0.4, 0.5) is 10.1 Å². The fourth-order valence-electron chi connectivity index (χ4n) is 5.04. The van der Waals surface area contributed by atoms with E-state index in [-0.39, 0.29) is 5.82 Å². The van der Waals surface area contributed by atoms with E-state index in [9.17, 15) is 4.39 Å². The molecule has 170 valence electrons. The average molecular weight is 434 g/mol. The van der Waals surface area contributed by atoms with Crippen molar-refractivity contribution in [1.82, 2.24) is 4.90 Å². The van der Waals surface area contributed by atoms with Gasteiger partial charge >= 0.3 is 0 Å². The zero-order chi connectivity index (χ0) is 22.3. The van der Waals surface area contributed by atoms with Crippen molar-refractivity contribution >= 4 is 17.2 Å². The number of piperidine rings is 1. The Morgan fingerprint density at radius 1 is 0.938 bits per heavy atom. The first-order chi connectivity index (χ1) is 15.6. The summed E-state index contributed by atoms with van der Waals surface area (Å²) in [5.41, 5.74) is 4.16. The second-order valence-corrected chi connectivity index (χ2v) is 9.40. The Morgan fingerprint density at radius 2 is 1.66 bits per heavy atom. The molecule has 32 heavy (non-hydrogen) atoms. The maximum Gasteiger partial charge on any atom is 0.123 e. The minimum absolute atomic E-state index is 0.233. The molecule has 2 aromatic carbocycles. The second kappa shape index (κ2) is 10.9. The number of nitrogens with zero attached hydrogens (tertiary/aromatic N) is 3. The van der Waals surface area contributed by atoms with Crippen molar-refractivity contribution in [2.75, 3.05) is 6.54 Å². The van der Waals surface area contributed by atoms with E-state index in [0.717, 1.165) is 23.5 Å². The third-order valence-electron chi connectivity index (χ3n) is 6.91. The van der Waals surface area contributed by atoms with Gasteiger partial charge in [0.05, 0.1) is 17.4 Å². The molecule has 4 heteroatoms. The lowest BCUT2D eigenvalue weighted by Gasteiger charge is -2.37. The molecule has 0 bridgehead atoms. The van der Waals surface area contributed by atoms with Crippen LogP contribution in [0, 0.1) is 12.7 Å². The lowest BCUT2D eigenvalue weighted by Crippen LogP contribution is -2.43. The van der Waals surface area contributed by atoms with Crippen LogP contribution in [0.25, 0.3) is 0 Å². The van der Waals surface area contributed by atoms with Gasteiger partial charge in [0.2, 0.25) is 0 Å². The van der Waals surface area contributed by atoms with E-state index in [2.05, 4.69) is 43.0 Å². The summed E-state index contributed by atoms with van der Waals surface area (Å²) in [5, 5.41) is 0. The molecule has 1 saturated heterocycles. The predicted molar refractivity (Wildman–Crippen MR) is 133 cm³/mol. The van der Waals surface area contributed by atoms with E-state index in [4.69, 9.17) is 9.98 Å². The first kappa shape index (κ1) is 22.7. The van der Waals surface area contributed by atoms with Crippen LogP contribution < -0.4 is 0 Å². The molecule has 0 amide bonds. The number of rotatable bonds is 5. The van der Waals surface area contributed by atoms with E-state index in [1.165, 1.54) is 74.9 Å². The first-order valence-corrected chi connectivity index (χ1v) is 12.3. The van der Waals surface area contributed by atoms with Crippen molar-refractivity contribution in [3.05, 3.63) is 65.5 Å². The van der Waals surface area contributed by atoms with E-state index in [1.54, 1.807) is 12.1 Å². The average Bonchev–Trinajstić information content (AvgIpc) is 2.81. The summed E-state index contributed by atoms with van der Waals surface area (Å²) in [6.07, 6.45) is 10.7. The van der Waals surface area contributed by atoms with Crippen molar-refractivity contribution in [1.29, 1.82) is 0 Å². The quantitative estimate of drug-likeness (QED) is 0.360. The van der Waals surface area contributed by atoms with Gasteiger partial charge in [0.15, 0.2) is 0 Å². The lowest BCUT2D eigenvalue weighted by atomic mass is 9.95. The summed E-state index contributed by atoms with van der Waals surface area (Å²) in [7, 11) is 0. The van der Waals surface area contributed by atoms with E-state index in [0.29, 0.717) is 18.5 Å². The summed E-state index contributed by atoms with van der Waals surface area (Å²) in [4.78, 5) is 12.9. The second-order valence-electron chi connectivity index (χ2n) is 9.40. The van der Waals surface area contributed by atoms with Gasteiger partial charge in [-0.15, -0.1) is 0 Å². The number of aliphatic imine (C=N–C) groups is 2. The molecular formula is C28H36FN3. The number of benzene rings is 2. The molecule has 0 spiro atoms. The molecule has 3 nitrogen and oxygen atoms in total. The third kappa shape index (κ3) is 5.85. The smallest absolute Gasteiger partial charge is 0.123 e. The fraction of sp³-hybridized carbons (Fsp3) is 0.500. The van der Waals surface area contributed by atoms with Crippen LogP contribution in [0.2, 0.25) is 0 Å². The molecule has 0 aromatic heterocycles. The Bertz CT molecular complexity index is 941. The van der Waals surface area contributed by atoms with Crippen molar-refractivity contribution in [2.45, 2.75) is 83.7 Å². The zero-order valence-electron chi connectivity index (χ0n) is 19.6. The van der Waals surface area contributed by atoms with Gasteiger partial charge in [-0.2, -0.15) is 0 Å².